The first kappa shape index (κ1) is 59.2. The summed E-state index contributed by atoms with van der Waals surface area (Å²) in [7, 11) is 0. The summed E-state index contributed by atoms with van der Waals surface area (Å²) in [4.78, 5) is 22.5. The maximum absolute atomic E-state index is 6.20. The smallest absolute Gasteiger partial charge is 0.135 e. The van der Waals surface area contributed by atoms with Gasteiger partial charge in [0, 0.05) is 108 Å². The number of allylic oxidation sites excluding steroid dienone is 1. The molecule has 0 bridgehead atoms. The van der Waals surface area contributed by atoms with E-state index in [0.717, 1.165) is 159 Å². The second-order valence-electron chi connectivity index (χ2n) is 24.6. The highest BCUT2D eigenvalue weighted by Crippen LogP contribution is 2.37. The predicted octanol–water partition coefficient (Wildman–Crippen LogP) is 12.5. The number of anilines is 4. The van der Waals surface area contributed by atoms with Crippen molar-refractivity contribution in [1.29, 1.82) is 0 Å². The van der Waals surface area contributed by atoms with Gasteiger partial charge < -0.3 is 27.7 Å². The summed E-state index contributed by atoms with van der Waals surface area (Å²) in [6, 6.07) is 30.9. The van der Waals surface area contributed by atoms with Gasteiger partial charge in [0.05, 0.1) is 86.4 Å². The fourth-order valence-corrected chi connectivity index (χ4v) is 11.8. The van der Waals surface area contributed by atoms with Crippen LogP contribution in [0.25, 0.3) is 127 Å². The van der Waals surface area contributed by atoms with Crippen LogP contribution in [-0.2, 0) is 24.4 Å². The number of H-pyrrole nitrogens is 3. The second-order valence-corrected chi connectivity index (χ2v) is 24.6. The maximum atomic E-state index is 6.20. The van der Waals surface area contributed by atoms with Gasteiger partial charge in [-0.25, -0.2) is 19.9 Å². The van der Waals surface area contributed by atoms with Crippen molar-refractivity contribution in [3.8, 4) is 33.8 Å². The SMILES string of the molecule is CC(C)(C)Cn1cc2c(N)nc3cc(C4=CC=NC4)ccc3c2n1.CCCOCCn1cc2c(N)nc3cc(-c4ccn[nH]4)ccc3c2n1.CCn1cc2c(N)nc3cc(-c4ccn[nH]4)ccc3c2n1.Nc1nc2cc(-c3ccn[nH]3)ccc2c2nn(C3CCC3)cc12. The lowest BCUT2D eigenvalue weighted by molar-refractivity contribution is 0.124. The van der Waals surface area contributed by atoms with E-state index in [0.29, 0.717) is 42.5 Å². The van der Waals surface area contributed by atoms with Gasteiger partial charge in [-0.2, -0.15) is 35.7 Å². The molecular formula is C69H71N23O. The molecule has 11 N–H and O–H groups in total. The fourth-order valence-electron chi connectivity index (χ4n) is 11.8. The zero-order chi connectivity index (χ0) is 63.9. The molecule has 1 fully saturated rings. The average molecular weight is 1240 g/mol. The molecule has 12 heterocycles. The summed E-state index contributed by atoms with van der Waals surface area (Å²) in [5.41, 5.74) is 40.1. The minimum Gasteiger partial charge on any atom is -0.383 e. The number of rotatable bonds is 12. The molecule has 0 unspecified atom stereocenters. The van der Waals surface area contributed by atoms with Crippen LogP contribution in [0.15, 0.2) is 145 Å². The highest BCUT2D eigenvalue weighted by Gasteiger charge is 2.23. The lowest BCUT2D eigenvalue weighted by atomic mass is 9.93. The molecule has 17 rings (SSSR count). The number of aromatic nitrogens is 18. The van der Waals surface area contributed by atoms with E-state index in [2.05, 4.69) is 128 Å². The van der Waals surface area contributed by atoms with Gasteiger partial charge in [0.15, 0.2) is 0 Å². The van der Waals surface area contributed by atoms with Crippen molar-refractivity contribution in [2.75, 3.05) is 42.7 Å². The van der Waals surface area contributed by atoms with Crippen molar-refractivity contribution >= 4 is 122 Å². The second kappa shape index (κ2) is 24.8. The highest BCUT2D eigenvalue weighted by atomic mass is 16.5. The van der Waals surface area contributed by atoms with Crippen LogP contribution in [-0.4, -0.2) is 116 Å². The van der Waals surface area contributed by atoms with Gasteiger partial charge in [-0.15, -0.1) is 0 Å². The van der Waals surface area contributed by atoms with Gasteiger partial charge >= 0.3 is 0 Å². The molecule has 0 amide bonds. The van der Waals surface area contributed by atoms with Crippen molar-refractivity contribution in [3.63, 3.8) is 0 Å². The zero-order valence-electron chi connectivity index (χ0n) is 52.4. The number of pyridine rings is 4. The maximum Gasteiger partial charge on any atom is 0.135 e. The Morgan fingerprint density at radius 3 is 1.34 bits per heavy atom. The van der Waals surface area contributed by atoms with Crippen LogP contribution in [0.5, 0.6) is 0 Å². The van der Waals surface area contributed by atoms with Crippen molar-refractivity contribution < 1.29 is 4.74 Å². The van der Waals surface area contributed by atoms with E-state index in [1.54, 1.807) is 18.6 Å². The summed E-state index contributed by atoms with van der Waals surface area (Å²) in [5.74, 6) is 2.08. The Bertz CT molecular complexity index is 5270. The van der Waals surface area contributed by atoms with Crippen LogP contribution < -0.4 is 22.9 Å². The number of benzene rings is 4. The number of fused-ring (bicyclic) bond motifs is 12. The van der Waals surface area contributed by atoms with Gasteiger partial charge in [0.25, 0.3) is 0 Å². The number of hydrogen-bond donors (Lipinski definition) is 7. The Hall–Kier alpha value is -11.4. The molecule has 24 nitrogen and oxygen atoms in total. The number of nitrogens with two attached hydrogens (primary N) is 4. The van der Waals surface area contributed by atoms with E-state index in [1.807, 2.05) is 119 Å². The summed E-state index contributed by atoms with van der Waals surface area (Å²) in [6.07, 6.45) is 21.7. The van der Waals surface area contributed by atoms with Crippen LogP contribution in [0, 0.1) is 5.41 Å². The van der Waals surface area contributed by atoms with Crippen molar-refractivity contribution in [3.05, 3.63) is 146 Å². The lowest BCUT2D eigenvalue weighted by Crippen LogP contribution is -2.17. The molecule has 1 aliphatic carbocycles. The van der Waals surface area contributed by atoms with Gasteiger partial charge in [0.1, 0.15) is 45.3 Å². The molecule has 0 radical (unpaired) electrons. The van der Waals surface area contributed by atoms with Crippen molar-refractivity contribution in [2.45, 2.75) is 86.0 Å². The minimum absolute atomic E-state index is 0.155. The van der Waals surface area contributed by atoms with Crippen LogP contribution >= 0.6 is 0 Å². The average Bonchev–Trinajstić information content (AvgIpc) is 1.72. The minimum atomic E-state index is 0.155. The van der Waals surface area contributed by atoms with E-state index in [1.165, 1.54) is 24.8 Å². The summed E-state index contributed by atoms with van der Waals surface area (Å²) in [5, 5.41) is 47.4. The molecular weight excluding hydrogens is 1170 g/mol. The summed E-state index contributed by atoms with van der Waals surface area (Å²) in [6.45, 7) is 15.2. The number of aryl methyl sites for hydroxylation is 1. The van der Waals surface area contributed by atoms with Crippen LogP contribution in [0.2, 0.25) is 0 Å². The Morgan fingerprint density at radius 1 is 0.495 bits per heavy atom. The van der Waals surface area contributed by atoms with E-state index in [-0.39, 0.29) is 5.41 Å². The first-order chi connectivity index (χ1) is 45.2. The quantitative estimate of drug-likeness (QED) is 0.0559. The normalized spacial score (nSPS) is 13.3. The molecule has 24 heteroatoms. The molecule has 1 saturated carbocycles. The largest absolute Gasteiger partial charge is 0.383 e. The molecule has 2 aliphatic rings. The van der Waals surface area contributed by atoms with Gasteiger partial charge in [-0.3, -0.25) is 39.0 Å². The molecule has 0 saturated heterocycles. The summed E-state index contributed by atoms with van der Waals surface area (Å²) < 4.78 is 13.3. The fraction of sp³-hybridized carbons (Fsp3) is 0.246. The first-order valence-electron chi connectivity index (χ1n) is 31.3. The Kier molecular flexibility index (Phi) is 15.8. The van der Waals surface area contributed by atoms with Crippen LogP contribution in [0.4, 0.5) is 23.3 Å². The molecule has 1 aliphatic heterocycles. The Balaban J connectivity index is 0.000000108. The Labute approximate surface area is 533 Å². The van der Waals surface area contributed by atoms with E-state index in [4.69, 9.17) is 37.9 Å². The molecule has 0 atom stereocenters. The monoisotopic (exact) mass is 1240 g/mol. The molecule has 0 spiro atoms. The number of nitrogens with zero attached hydrogens (tertiary/aromatic N) is 16. The molecule has 4 aromatic carbocycles. The number of aliphatic imine (C=N–C) groups is 1. The third kappa shape index (κ3) is 12.0. The third-order valence-electron chi connectivity index (χ3n) is 16.8. The van der Waals surface area contributed by atoms with Crippen LogP contribution in [0.1, 0.15) is 71.9 Å². The number of ether oxygens (including phenoxy) is 1. The number of hydrogen-bond acceptors (Lipinski definition) is 17. The zero-order valence-corrected chi connectivity index (χ0v) is 52.4. The van der Waals surface area contributed by atoms with E-state index < -0.39 is 0 Å². The predicted molar refractivity (Wildman–Crippen MR) is 371 cm³/mol. The number of nitrogen functional groups attached to an aromatic ring is 4. The number of nitrogens with one attached hydrogen (secondary N) is 3. The first-order valence-corrected chi connectivity index (χ1v) is 31.3. The topological polar surface area (TPSA) is 335 Å². The third-order valence-corrected chi connectivity index (χ3v) is 16.8. The number of aromatic amines is 3. The molecule has 93 heavy (non-hydrogen) atoms. The summed E-state index contributed by atoms with van der Waals surface area (Å²) >= 11 is 0. The standard InChI is InChI=1S/C19H21N5.C18H20N6O.C17H16N6.C15H14N6/c1-19(2,3)11-24-10-15-17(23-24)14-5-4-12(13-6-7-21-9-13)8-16(14)22-18(15)20;1-2-8-25-9-7-24-11-14-17(23-24)13-4-3-12(15-5-6-20-22-15)10-16(13)21-18(14)19;18-17-13-9-23(11-2-1-3-11)22-16(13)12-5-4-10(8-15(12)20-17)14-6-7-19-21-14;1-2-21-8-11-14(20-21)10-4-3-9(12-5-6-17-19-12)7-13(10)18-15(11)16/h4-8,10H,9,11H2,1-3H3,(H2,20,22);3-6,10-11H,2,7-9H2,1H3,(H2,19,21)(H,20,22);4-9,11H,1-3H2,(H2,18,20)(H,19,21);3-8H,2H2,1H3,(H2,16,18)(H,17,19). The van der Waals surface area contributed by atoms with E-state index >= 15 is 0 Å². The van der Waals surface area contributed by atoms with Crippen LogP contribution in [0.3, 0.4) is 0 Å². The lowest BCUT2D eigenvalue weighted by Gasteiger charge is -2.25. The molecule has 15 aromatic rings. The van der Waals surface area contributed by atoms with Gasteiger partial charge in [0.2, 0.25) is 0 Å². The van der Waals surface area contributed by atoms with E-state index in [9.17, 15) is 0 Å². The van der Waals surface area contributed by atoms with Crippen molar-refractivity contribution in [1.82, 2.24) is 89.6 Å². The molecule has 468 valence electrons. The molecule has 11 aromatic heterocycles. The van der Waals surface area contributed by atoms with Gasteiger partial charge in [-0.1, -0.05) is 52.0 Å². The van der Waals surface area contributed by atoms with Crippen molar-refractivity contribution in [2.24, 2.45) is 10.4 Å². The Morgan fingerprint density at radius 2 is 0.925 bits per heavy atom. The van der Waals surface area contributed by atoms with Gasteiger partial charge in [-0.05, 0) is 122 Å². The highest BCUT2D eigenvalue weighted by molar-refractivity contribution is 6.11.